The Balaban J connectivity index is 1.36. The van der Waals surface area contributed by atoms with Crippen LogP contribution < -0.4 is 20.3 Å². The molecule has 1 aromatic carbocycles. The number of thiophene rings is 1. The van der Waals surface area contributed by atoms with Crippen LogP contribution in [0.25, 0.3) is 10.2 Å². The molecule has 0 radical (unpaired) electrons. The minimum absolute atomic E-state index is 0.261. The number of nitrogens with one attached hydrogen (secondary N) is 3. The molecule has 3 aromatic heterocycles. The SMILES string of the molecule is Cc1cc(Oc2ccccc2)ncc1N1C(=O)Nc2c(C(=O)N[C@@H]3CCCC3=N)sc3nccc1c23. The van der Waals surface area contributed by atoms with Gasteiger partial charge in [-0.2, -0.15) is 0 Å². The lowest BCUT2D eigenvalue weighted by Crippen LogP contribution is -2.38. The van der Waals surface area contributed by atoms with Crippen LogP contribution in [0.4, 0.5) is 21.9 Å². The average Bonchev–Trinajstić information content (AvgIpc) is 3.45. The number of hydrogen-bond acceptors (Lipinski definition) is 7. The van der Waals surface area contributed by atoms with Gasteiger partial charge in [0, 0.05) is 18.0 Å². The zero-order valence-electron chi connectivity index (χ0n) is 19.4. The maximum Gasteiger partial charge on any atom is 0.331 e. The molecule has 0 saturated heterocycles. The van der Waals surface area contributed by atoms with Crippen molar-refractivity contribution >= 4 is 56.3 Å². The van der Waals surface area contributed by atoms with E-state index in [-0.39, 0.29) is 11.9 Å². The highest BCUT2D eigenvalue weighted by atomic mass is 32.1. The molecule has 3 amide bonds. The molecule has 0 bridgehead atoms. The Morgan fingerprint density at radius 3 is 2.81 bits per heavy atom. The van der Waals surface area contributed by atoms with Gasteiger partial charge in [0.1, 0.15) is 15.5 Å². The molecule has 0 spiro atoms. The molecule has 180 valence electrons. The molecule has 0 unspecified atom stereocenters. The number of nitrogens with zero attached hydrogens (tertiary/aromatic N) is 3. The fraction of sp³-hybridized carbons (Fsp3) is 0.192. The molecule has 6 rings (SSSR count). The van der Waals surface area contributed by atoms with Gasteiger partial charge in [0.25, 0.3) is 5.91 Å². The summed E-state index contributed by atoms with van der Waals surface area (Å²) in [6, 6.07) is 12.3. The molecule has 1 aliphatic carbocycles. The first kappa shape index (κ1) is 22.2. The number of para-hydroxylation sites is 1. The van der Waals surface area contributed by atoms with E-state index in [2.05, 4.69) is 20.6 Å². The highest BCUT2D eigenvalue weighted by molar-refractivity contribution is 7.21. The number of carbonyl (C=O) groups is 2. The average molecular weight is 499 g/mol. The van der Waals surface area contributed by atoms with Crippen LogP contribution in [0, 0.1) is 12.3 Å². The summed E-state index contributed by atoms with van der Waals surface area (Å²) in [6.07, 6.45) is 5.58. The van der Waals surface area contributed by atoms with E-state index in [1.165, 1.54) is 11.3 Å². The highest BCUT2D eigenvalue weighted by Crippen LogP contribution is 2.46. The van der Waals surface area contributed by atoms with Gasteiger partial charge in [-0.05, 0) is 49.9 Å². The van der Waals surface area contributed by atoms with Crippen molar-refractivity contribution in [1.82, 2.24) is 15.3 Å². The fourth-order valence-electron chi connectivity index (χ4n) is 4.63. The van der Waals surface area contributed by atoms with Crippen LogP contribution in [0.2, 0.25) is 0 Å². The minimum Gasteiger partial charge on any atom is -0.439 e. The van der Waals surface area contributed by atoms with Gasteiger partial charge in [-0.1, -0.05) is 18.2 Å². The van der Waals surface area contributed by atoms with Crippen molar-refractivity contribution in [2.45, 2.75) is 32.2 Å². The van der Waals surface area contributed by atoms with E-state index in [1.807, 2.05) is 37.3 Å². The van der Waals surface area contributed by atoms with Gasteiger partial charge in [0.2, 0.25) is 5.88 Å². The molecule has 2 aliphatic rings. The van der Waals surface area contributed by atoms with Crippen molar-refractivity contribution in [3.63, 3.8) is 0 Å². The van der Waals surface area contributed by atoms with Gasteiger partial charge in [-0.25, -0.2) is 14.8 Å². The molecule has 3 N–H and O–H groups in total. The third-order valence-electron chi connectivity index (χ3n) is 6.38. The first-order chi connectivity index (χ1) is 17.5. The molecule has 36 heavy (non-hydrogen) atoms. The second-order valence-electron chi connectivity index (χ2n) is 8.75. The number of amides is 3. The van der Waals surface area contributed by atoms with Crippen molar-refractivity contribution in [3.05, 3.63) is 65.3 Å². The van der Waals surface area contributed by atoms with Crippen molar-refractivity contribution in [2.75, 3.05) is 10.2 Å². The number of rotatable bonds is 5. The highest BCUT2D eigenvalue weighted by Gasteiger charge is 2.34. The Kier molecular flexibility index (Phi) is 5.37. The minimum atomic E-state index is -0.391. The summed E-state index contributed by atoms with van der Waals surface area (Å²) in [7, 11) is 0. The van der Waals surface area contributed by atoms with Crippen LogP contribution in [0.5, 0.6) is 11.6 Å². The zero-order valence-corrected chi connectivity index (χ0v) is 20.2. The lowest BCUT2D eigenvalue weighted by atomic mass is 10.1. The van der Waals surface area contributed by atoms with Crippen molar-refractivity contribution in [1.29, 1.82) is 5.41 Å². The number of hydrogen-bond donors (Lipinski definition) is 3. The predicted octanol–water partition coefficient (Wildman–Crippen LogP) is 5.78. The number of ether oxygens (including phenoxy) is 1. The summed E-state index contributed by atoms with van der Waals surface area (Å²) in [5, 5.41) is 14.6. The number of aromatic nitrogens is 2. The molecular weight excluding hydrogens is 476 g/mol. The summed E-state index contributed by atoms with van der Waals surface area (Å²) in [4.78, 5) is 37.9. The Labute approximate surface area is 210 Å². The van der Waals surface area contributed by atoms with Crippen molar-refractivity contribution in [3.8, 4) is 11.6 Å². The topological polar surface area (TPSA) is 120 Å². The van der Waals surface area contributed by atoms with Crippen LogP contribution in [0.15, 0.2) is 54.9 Å². The summed E-state index contributed by atoms with van der Waals surface area (Å²) >= 11 is 1.23. The predicted molar refractivity (Wildman–Crippen MR) is 139 cm³/mol. The van der Waals surface area contributed by atoms with Crippen molar-refractivity contribution in [2.24, 2.45) is 0 Å². The number of pyridine rings is 2. The summed E-state index contributed by atoms with van der Waals surface area (Å²) < 4.78 is 5.84. The van der Waals surface area contributed by atoms with E-state index in [4.69, 9.17) is 10.1 Å². The second kappa shape index (κ2) is 8.72. The van der Waals surface area contributed by atoms with Crippen LogP contribution in [-0.4, -0.2) is 33.7 Å². The Morgan fingerprint density at radius 1 is 1.22 bits per heavy atom. The van der Waals surface area contributed by atoms with Crippen LogP contribution in [0.3, 0.4) is 0 Å². The maximum absolute atomic E-state index is 13.4. The second-order valence-corrected chi connectivity index (χ2v) is 9.75. The fourth-order valence-corrected chi connectivity index (χ4v) is 5.66. The Morgan fingerprint density at radius 2 is 2.06 bits per heavy atom. The van der Waals surface area contributed by atoms with E-state index >= 15 is 0 Å². The summed E-state index contributed by atoms with van der Waals surface area (Å²) in [5.41, 5.74) is 3.02. The standard InChI is InChI=1S/C26H22N6O3S/c1-14-12-20(35-15-6-3-2-4-7-15)29-13-19(14)32-18-10-11-28-25-21(18)22(31-26(32)34)23(36-25)24(33)30-17-9-5-8-16(17)27/h2-4,6-7,10-13,17,27H,5,8-9H2,1H3,(H,30,33)(H,31,34)/t17-/m1/s1. The van der Waals surface area contributed by atoms with E-state index in [1.54, 1.807) is 29.4 Å². The molecule has 1 aliphatic heterocycles. The quantitative estimate of drug-likeness (QED) is 0.322. The van der Waals surface area contributed by atoms with Gasteiger partial charge >= 0.3 is 6.03 Å². The van der Waals surface area contributed by atoms with Gasteiger partial charge in [-0.15, -0.1) is 11.3 Å². The number of benzene rings is 1. The summed E-state index contributed by atoms with van der Waals surface area (Å²) in [5.74, 6) is 0.794. The number of anilines is 3. The molecule has 9 nitrogen and oxygen atoms in total. The Hall–Kier alpha value is -4.31. The van der Waals surface area contributed by atoms with E-state index in [0.717, 1.165) is 18.4 Å². The van der Waals surface area contributed by atoms with Gasteiger partial charge < -0.3 is 20.8 Å². The first-order valence-electron chi connectivity index (χ1n) is 11.6. The van der Waals surface area contributed by atoms with E-state index in [9.17, 15) is 9.59 Å². The number of aryl methyl sites for hydroxylation is 1. The number of urea groups is 1. The normalized spacial score (nSPS) is 16.8. The van der Waals surface area contributed by atoms with Crippen molar-refractivity contribution < 1.29 is 14.3 Å². The van der Waals surface area contributed by atoms with Gasteiger partial charge in [0.15, 0.2) is 0 Å². The zero-order chi connectivity index (χ0) is 24.8. The molecule has 4 aromatic rings. The molecule has 4 heterocycles. The van der Waals surface area contributed by atoms with E-state index < -0.39 is 6.03 Å². The third kappa shape index (κ3) is 3.75. The van der Waals surface area contributed by atoms with Crippen LogP contribution >= 0.6 is 11.3 Å². The molecule has 1 fully saturated rings. The van der Waals surface area contributed by atoms with E-state index in [0.29, 0.717) is 55.9 Å². The summed E-state index contributed by atoms with van der Waals surface area (Å²) in [6.45, 7) is 1.89. The first-order valence-corrected chi connectivity index (χ1v) is 12.4. The molecule has 1 saturated carbocycles. The molecular formula is C26H22N6O3S. The third-order valence-corrected chi connectivity index (χ3v) is 7.48. The van der Waals surface area contributed by atoms with Crippen LogP contribution in [-0.2, 0) is 0 Å². The smallest absolute Gasteiger partial charge is 0.331 e. The maximum atomic E-state index is 13.4. The largest absolute Gasteiger partial charge is 0.439 e. The Bertz CT molecular complexity index is 1530. The van der Waals surface area contributed by atoms with Crippen LogP contribution in [0.1, 0.15) is 34.5 Å². The lowest BCUT2D eigenvalue weighted by molar-refractivity contribution is 0.0951. The lowest BCUT2D eigenvalue weighted by Gasteiger charge is -2.29. The van der Waals surface area contributed by atoms with Gasteiger partial charge in [0.05, 0.1) is 34.7 Å². The monoisotopic (exact) mass is 498 g/mol. The molecule has 10 heteroatoms. The molecule has 1 atom stereocenters. The number of carbonyl (C=O) groups excluding carboxylic acids is 2. The van der Waals surface area contributed by atoms with Gasteiger partial charge in [-0.3, -0.25) is 9.69 Å².